The fourth-order valence-corrected chi connectivity index (χ4v) is 3.50. The smallest absolute Gasteiger partial charge is 0.191 e. The average Bonchev–Trinajstić information content (AvgIpc) is 3.16. The highest BCUT2D eigenvalue weighted by molar-refractivity contribution is 7.10. The third kappa shape index (κ3) is 3.76. The number of rotatable bonds is 5. The highest BCUT2D eigenvalue weighted by Gasteiger charge is 2.06. The van der Waals surface area contributed by atoms with Crippen LogP contribution in [0.1, 0.15) is 16.0 Å². The first kappa shape index (κ1) is 16.5. The third-order valence-electron chi connectivity index (χ3n) is 4.02. The molecule has 2 heterocycles. The van der Waals surface area contributed by atoms with Crippen molar-refractivity contribution in [3.05, 3.63) is 57.7 Å². The van der Waals surface area contributed by atoms with Gasteiger partial charge in [-0.05, 0) is 54.1 Å². The summed E-state index contributed by atoms with van der Waals surface area (Å²) in [5.74, 6) is 0.566. The highest BCUT2D eigenvalue weighted by Crippen LogP contribution is 2.19. The van der Waals surface area contributed by atoms with Crippen molar-refractivity contribution in [2.24, 2.45) is 4.99 Å². The van der Waals surface area contributed by atoms with Crippen LogP contribution < -0.4 is 10.6 Å². The van der Waals surface area contributed by atoms with Crippen LogP contribution in [0.4, 0.5) is 4.39 Å². The predicted molar refractivity (Wildman–Crippen MR) is 99.2 cm³/mol. The second-order valence-electron chi connectivity index (χ2n) is 5.63. The molecule has 0 atom stereocenters. The van der Waals surface area contributed by atoms with Crippen LogP contribution in [0.5, 0.6) is 0 Å². The Balaban J connectivity index is 1.53. The number of benzene rings is 1. The van der Waals surface area contributed by atoms with Crippen LogP contribution in [0, 0.1) is 12.7 Å². The first-order valence-electron chi connectivity index (χ1n) is 7.90. The predicted octanol–water partition coefficient (Wildman–Crippen LogP) is 3.58. The molecule has 1 aromatic carbocycles. The van der Waals surface area contributed by atoms with Crippen molar-refractivity contribution < 1.29 is 4.39 Å². The standard InChI is InChI=1S/C18H21FN4S/c1-12-6-8-24-17(12)11-23-18(20-2)21-7-5-13-10-22-16-9-14(19)3-4-15(13)16/h3-4,6,8-10,22H,5,7,11H2,1-2H3,(H2,20,21,23). The lowest BCUT2D eigenvalue weighted by Crippen LogP contribution is -2.37. The van der Waals surface area contributed by atoms with E-state index in [1.807, 2.05) is 12.3 Å². The van der Waals surface area contributed by atoms with E-state index in [1.165, 1.54) is 28.1 Å². The average molecular weight is 344 g/mol. The largest absolute Gasteiger partial charge is 0.361 e. The molecule has 2 aromatic heterocycles. The minimum absolute atomic E-state index is 0.220. The molecule has 0 unspecified atom stereocenters. The maximum absolute atomic E-state index is 13.2. The minimum atomic E-state index is -0.220. The molecule has 3 N–H and O–H groups in total. The first-order chi connectivity index (χ1) is 11.7. The molecule has 0 saturated carbocycles. The SMILES string of the molecule is CN=C(NCCc1c[nH]c2cc(F)ccc12)NCc1sccc1C. The van der Waals surface area contributed by atoms with E-state index in [2.05, 4.69) is 39.0 Å². The van der Waals surface area contributed by atoms with Gasteiger partial charge in [0.2, 0.25) is 0 Å². The number of H-pyrrole nitrogens is 1. The second kappa shape index (κ2) is 7.49. The lowest BCUT2D eigenvalue weighted by molar-refractivity contribution is 0.629. The van der Waals surface area contributed by atoms with Crippen LogP contribution in [-0.2, 0) is 13.0 Å². The maximum Gasteiger partial charge on any atom is 0.191 e. The van der Waals surface area contributed by atoms with E-state index in [-0.39, 0.29) is 5.82 Å². The molecule has 0 saturated heterocycles. The van der Waals surface area contributed by atoms with E-state index in [9.17, 15) is 4.39 Å². The lowest BCUT2D eigenvalue weighted by Gasteiger charge is -2.11. The quantitative estimate of drug-likeness (QED) is 0.489. The Kier molecular flexibility index (Phi) is 5.15. The van der Waals surface area contributed by atoms with Gasteiger partial charge in [0.1, 0.15) is 5.82 Å². The van der Waals surface area contributed by atoms with E-state index in [0.29, 0.717) is 0 Å². The fraction of sp³-hybridized carbons (Fsp3) is 0.278. The summed E-state index contributed by atoms with van der Waals surface area (Å²) in [7, 11) is 1.77. The van der Waals surface area contributed by atoms with Gasteiger partial charge in [0, 0.05) is 35.6 Å². The number of aliphatic imine (C=N–C) groups is 1. The molecular weight excluding hydrogens is 323 g/mol. The van der Waals surface area contributed by atoms with Gasteiger partial charge in [0.25, 0.3) is 0 Å². The molecule has 6 heteroatoms. The van der Waals surface area contributed by atoms with Crippen molar-refractivity contribution in [1.82, 2.24) is 15.6 Å². The van der Waals surface area contributed by atoms with Crippen molar-refractivity contribution in [2.45, 2.75) is 19.9 Å². The van der Waals surface area contributed by atoms with Gasteiger partial charge in [-0.25, -0.2) is 4.39 Å². The summed E-state index contributed by atoms with van der Waals surface area (Å²) < 4.78 is 13.2. The van der Waals surface area contributed by atoms with E-state index in [4.69, 9.17) is 0 Å². The summed E-state index contributed by atoms with van der Waals surface area (Å²) in [6.07, 6.45) is 2.78. The Bertz CT molecular complexity index is 850. The normalized spacial score (nSPS) is 11.9. The number of fused-ring (bicyclic) bond motifs is 1. The first-order valence-corrected chi connectivity index (χ1v) is 8.78. The number of aryl methyl sites for hydroxylation is 1. The molecule has 0 aliphatic heterocycles. The number of aromatic amines is 1. The summed E-state index contributed by atoms with van der Waals surface area (Å²) in [5, 5.41) is 9.82. The lowest BCUT2D eigenvalue weighted by atomic mass is 10.1. The van der Waals surface area contributed by atoms with Gasteiger partial charge >= 0.3 is 0 Å². The van der Waals surface area contributed by atoms with Gasteiger partial charge in [-0.1, -0.05) is 0 Å². The molecule has 0 spiro atoms. The second-order valence-corrected chi connectivity index (χ2v) is 6.63. The summed E-state index contributed by atoms with van der Waals surface area (Å²) in [6, 6.07) is 6.97. The molecule has 0 aliphatic rings. The van der Waals surface area contributed by atoms with Gasteiger partial charge in [-0.3, -0.25) is 4.99 Å². The van der Waals surface area contributed by atoms with Gasteiger partial charge in [-0.15, -0.1) is 11.3 Å². The Morgan fingerprint density at radius 3 is 2.92 bits per heavy atom. The summed E-state index contributed by atoms with van der Waals surface area (Å²) in [4.78, 5) is 8.69. The van der Waals surface area contributed by atoms with Crippen LogP contribution in [-0.4, -0.2) is 24.5 Å². The van der Waals surface area contributed by atoms with E-state index >= 15 is 0 Å². The van der Waals surface area contributed by atoms with Crippen LogP contribution >= 0.6 is 11.3 Å². The molecular formula is C18H21FN4S. The van der Waals surface area contributed by atoms with E-state index < -0.39 is 0 Å². The number of thiophene rings is 1. The summed E-state index contributed by atoms with van der Waals surface area (Å²) in [6.45, 7) is 3.65. The number of guanidine groups is 1. The Morgan fingerprint density at radius 1 is 1.29 bits per heavy atom. The molecule has 0 fully saturated rings. The van der Waals surface area contributed by atoms with Gasteiger partial charge in [0.15, 0.2) is 5.96 Å². The molecule has 126 valence electrons. The number of hydrogen-bond acceptors (Lipinski definition) is 2. The van der Waals surface area contributed by atoms with Crippen molar-refractivity contribution in [3.8, 4) is 0 Å². The summed E-state index contributed by atoms with van der Waals surface area (Å²) in [5.41, 5.74) is 3.30. The molecule has 0 amide bonds. The van der Waals surface area contributed by atoms with Crippen molar-refractivity contribution >= 4 is 28.2 Å². The zero-order valence-corrected chi connectivity index (χ0v) is 14.6. The number of hydrogen-bond donors (Lipinski definition) is 3. The van der Waals surface area contributed by atoms with Crippen molar-refractivity contribution in [1.29, 1.82) is 0 Å². The van der Waals surface area contributed by atoms with Crippen LogP contribution in [0.25, 0.3) is 10.9 Å². The zero-order valence-electron chi connectivity index (χ0n) is 13.8. The van der Waals surface area contributed by atoms with E-state index in [1.54, 1.807) is 18.4 Å². The molecule has 0 radical (unpaired) electrons. The van der Waals surface area contributed by atoms with Crippen LogP contribution in [0.3, 0.4) is 0 Å². The number of aromatic nitrogens is 1. The third-order valence-corrected chi connectivity index (χ3v) is 5.05. The maximum atomic E-state index is 13.2. The molecule has 3 rings (SSSR count). The fourth-order valence-electron chi connectivity index (χ4n) is 2.65. The zero-order chi connectivity index (χ0) is 16.9. The van der Waals surface area contributed by atoms with Gasteiger partial charge in [0.05, 0.1) is 6.54 Å². The number of nitrogens with zero attached hydrogens (tertiary/aromatic N) is 1. The number of halogens is 1. The van der Waals surface area contributed by atoms with Gasteiger partial charge in [-0.2, -0.15) is 0 Å². The van der Waals surface area contributed by atoms with E-state index in [0.717, 1.165) is 36.4 Å². The minimum Gasteiger partial charge on any atom is -0.361 e. The monoisotopic (exact) mass is 344 g/mol. The van der Waals surface area contributed by atoms with Crippen molar-refractivity contribution in [3.63, 3.8) is 0 Å². The number of nitrogens with one attached hydrogen (secondary N) is 3. The topological polar surface area (TPSA) is 52.2 Å². The molecule has 24 heavy (non-hydrogen) atoms. The highest BCUT2D eigenvalue weighted by atomic mass is 32.1. The summed E-state index contributed by atoms with van der Waals surface area (Å²) >= 11 is 1.75. The van der Waals surface area contributed by atoms with Crippen LogP contribution in [0.2, 0.25) is 0 Å². The molecule has 0 bridgehead atoms. The van der Waals surface area contributed by atoms with Crippen LogP contribution in [0.15, 0.2) is 40.8 Å². The molecule has 4 nitrogen and oxygen atoms in total. The Hall–Kier alpha value is -2.34. The molecule has 3 aromatic rings. The Labute approximate surface area is 144 Å². The van der Waals surface area contributed by atoms with Crippen molar-refractivity contribution in [2.75, 3.05) is 13.6 Å². The van der Waals surface area contributed by atoms with Gasteiger partial charge < -0.3 is 15.6 Å². The molecule has 0 aliphatic carbocycles. The Morgan fingerprint density at radius 2 is 2.17 bits per heavy atom.